The molecule has 0 bridgehead atoms. The molecule has 16 heavy (non-hydrogen) atoms. The molecule has 0 radical (unpaired) electrons. The minimum absolute atomic E-state index is 0.169. The van der Waals surface area contributed by atoms with Crippen molar-refractivity contribution in [3.05, 3.63) is 46.0 Å². The van der Waals surface area contributed by atoms with E-state index in [0.717, 1.165) is 5.56 Å². The molecule has 0 unspecified atom stereocenters. The highest BCUT2D eigenvalue weighted by Crippen LogP contribution is 2.22. The van der Waals surface area contributed by atoms with Gasteiger partial charge in [0.05, 0.1) is 5.69 Å². The molecule has 1 aromatic carbocycles. The van der Waals surface area contributed by atoms with Crippen molar-refractivity contribution in [1.82, 2.24) is 9.97 Å². The van der Waals surface area contributed by atoms with E-state index in [1.54, 1.807) is 31.2 Å². The van der Waals surface area contributed by atoms with E-state index in [9.17, 15) is 4.39 Å². The Kier molecular flexibility index (Phi) is 3.08. The van der Waals surface area contributed by atoms with Crippen LogP contribution in [0.3, 0.4) is 0 Å². The average molecular weight is 257 g/mol. The second-order valence-corrected chi connectivity index (χ2v) is 4.04. The molecule has 0 N–H and O–H groups in total. The van der Waals surface area contributed by atoms with Crippen LogP contribution in [-0.2, 0) is 0 Å². The number of nitrogens with zero attached hydrogens (tertiary/aromatic N) is 2. The van der Waals surface area contributed by atoms with Gasteiger partial charge in [0.1, 0.15) is 0 Å². The lowest BCUT2D eigenvalue weighted by Gasteiger charge is -2.03. The molecule has 0 fully saturated rings. The fraction of sp³-hybridized carbons (Fsp3) is 0.0909. The molecule has 2 rings (SSSR count). The van der Waals surface area contributed by atoms with Crippen LogP contribution < -0.4 is 0 Å². The molecule has 1 aromatic heterocycles. The Morgan fingerprint density at radius 1 is 1.06 bits per heavy atom. The lowest BCUT2D eigenvalue weighted by Crippen LogP contribution is -1.97. The zero-order chi connectivity index (χ0) is 11.7. The summed E-state index contributed by atoms with van der Waals surface area (Å²) in [5.74, 6) is -0.194. The van der Waals surface area contributed by atoms with Gasteiger partial charge in [0.25, 0.3) is 0 Å². The van der Waals surface area contributed by atoms with Crippen molar-refractivity contribution in [3.8, 4) is 11.4 Å². The summed E-state index contributed by atoms with van der Waals surface area (Å²) < 4.78 is 13.2. The predicted molar refractivity (Wildman–Crippen MR) is 62.2 cm³/mol. The monoisotopic (exact) mass is 256 g/mol. The third kappa shape index (κ3) is 2.15. The summed E-state index contributed by atoms with van der Waals surface area (Å²) in [7, 11) is 0. The molecule has 82 valence electrons. The van der Waals surface area contributed by atoms with E-state index in [0.29, 0.717) is 10.8 Å². The fourth-order valence-electron chi connectivity index (χ4n) is 1.25. The van der Waals surface area contributed by atoms with Crippen molar-refractivity contribution in [2.24, 2.45) is 0 Å². The Hall–Kier alpha value is -1.19. The van der Waals surface area contributed by atoms with E-state index >= 15 is 0 Å². The third-order valence-corrected chi connectivity index (χ3v) is 2.58. The van der Waals surface area contributed by atoms with E-state index in [-0.39, 0.29) is 10.8 Å². The summed E-state index contributed by atoms with van der Waals surface area (Å²) in [4.78, 5) is 7.89. The van der Waals surface area contributed by atoms with E-state index in [1.807, 2.05) is 0 Å². The Morgan fingerprint density at radius 3 is 2.25 bits per heavy atom. The summed E-state index contributed by atoms with van der Waals surface area (Å²) in [6, 6.07) is 6.94. The van der Waals surface area contributed by atoms with Gasteiger partial charge in [0.2, 0.25) is 0 Å². The fourth-order valence-corrected chi connectivity index (χ4v) is 1.60. The van der Waals surface area contributed by atoms with Gasteiger partial charge in [-0.3, -0.25) is 0 Å². The molecule has 0 saturated carbocycles. The van der Waals surface area contributed by atoms with Gasteiger partial charge in [-0.05, 0) is 31.2 Å². The first-order chi connectivity index (χ1) is 7.58. The van der Waals surface area contributed by atoms with Crippen molar-refractivity contribution < 1.29 is 4.39 Å². The number of benzene rings is 1. The summed E-state index contributed by atoms with van der Waals surface area (Å²) in [6.45, 7) is 1.54. The SMILES string of the molecule is Cc1nc(-c2ccc(Cl)cc2)nc(Cl)c1F. The molecule has 0 spiro atoms. The van der Waals surface area contributed by atoms with Crippen LogP contribution in [0.1, 0.15) is 5.69 Å². The summed E-state index contributed by atoms with van der Waals surface area (Å²) in [6.07, 6.45) is 0. The molecule has 0 amide bonds. The van der Waals surface area contributed by atoms with Gasteiger partial charge in [-0.25, -0.2) is 14.4 Å². The van der Waals surface area contributed by atoms with Crippen LogP contribution in [0, 0.1) is 12.7 Å². The zero-order valence-corrected chi connectivity index (χ0v) is 9.85. The smallest absolute Gasteiger partial charge is 0.181 e. The Morgan fingerprint density at radius 2 is 1.69 bits per heavy atom. The van der Waals surface area contributed by atoms with Crippen LogP contribution in [-0.4, -0.2) is 9.97 Å². The summed E-state index contributed by atoms with van der Waals surface area (Å²) in [5, 5.41) is 0.450. The van der Waals surface area contributed by atoms with Crippen LogP contribution in [0.25, 0.3) is 11.4 Å². The minimum atomic E-state index is -0.584. The van der Waals surface area contributed by atoms with Gasteiger partial charge in [-0.15, -0.1) is 0 Å². The number of hydrogen-bond donors (Lipinski definition) is 0. The first kappa shape index (κ1) is 11.3. The maximum atomic E-state index is 13.2. The Balaban J connectivity index is 2.52. The van der Waals surface area contributed by atoms with E-state index < -0.39 is 5.82 Å². The number of halogens is 3. The largest absolute Gasteiger partial charge is 0.230 e. The van der Waals surface area contributed by atoms with Gasteiger partial charge in [0, 0.05) is 10.6 Å². The second kappa shape index (κ2) is 4.36. The number of hydrogen-bond acceptors (Lipinski definition) is 2. The normalized spacial score (nSPS) is 10.5. The molecule has 0 atom stereocenters. The van der Waals surface area contributed by atoms with Crippen LogP contribution in [0.4, 0.5) is 4.39 Å². The number of aryl methyl sites for hydroxylation is 1. The molecule has 2 aromatic rings. The van der Waals surface area contributed by atoms with Crippen LogP contribution in [0.15, 0.2) is 24.3 Å². The number of rotatable bonds is 1. The highest BCUT2D eigenvalue weighted by molar-refractivity contribution is 6.30. The first-order valence-electron chi connectivity index (χ1n) is 4.53. The Labute approximate surface area is 102 Å². The lowest BCUT2D eigenvalue weighted by atomic mass is 10.2. The van der Waals surface area contributed by atoms with Crippen LogP contribution in [0.5, 0.6) is 0 Å². The molecule has 0 aliphatic heterocycles. The summed E-state index contributed by atoms with van der Waals surface area (Å²) in [5.41, 5.74) is 0.972. The highest BCUT2D eigenvalue weighted by Gasteiger charge is 2.10. The van der Waals surface area contributed by atoms with E-state index in [4.69, 9.17) is 23.2 Å². The predicted octanol–water partition coefficient (Wildman–Crippen LogP) is 3.90. The molecule has 2 nitrogen and oxygen atoms in total. The van der Waals surface area contributed by atoms with E-state index in [2.05, 4.69) is 9.97 Å². The molecule has 0 aliphatic carbocycles. The average Bonchev–Trinajstić information content (AvgIpc) is 2.26. The zero-order valence-electron chi connectivity index (χ0n) is 8.34. The topological polar surface area (TPSA) is 25.8 Å². The lowest BCUT2D eigenvalue weighted by molar-refractivity contribution is 0.603. The first-order valence-corrected chi connectivity index (χ1v) is 5.29. The Bertz CT molecular complexity index is 503. The highest BCUT2D eigenvalue weighted by atomic mass is 35.5. The standard InChI is InChI=1S/C11H7Cl2FN2/c1-6-9(14)10(13)16-11(15-6)7-2-4-8(12)5-3-7/h2-5H,1H3. The molecular formula is C11H7Cl2FN2. The van der Waals surface area contributed by atoms with Gasteiger partial charge in [-0.2, -0.15) is 0 Å². The van der Waals surface area contributed by atoms with Crippen molar-refractivity contribution in [2.75, 3.05) is 0 Å². The van der Waals surface area contributed by atoms with E-state index in [1.165, 1.54) is 0 Å². The maximum absolute atomic E-state index is 13.2. The second-order valence-electron chi connectivity index (χ2n) is 3.24. The van der Waals surface area contributed by atoms with Crippen molar-refractivity contribution in [3.63, 3.8) is 0 Å². The molecule has 1 heterocycles. The van der Waals surface area contributed by atoms with Gasteiger partial charge < -0.3 is 0 Å². The van der Waals surface area contributed by atoms with Gasteiger partial charge >= 0.3 is 0 Å². The van der Waals surface area contributed by atoms with Crippen molar-refractivity contribution in [1.29, 1.82) is 0 Å². The van der Waals surface area contributed by atoms with Gasteiger partial charge in [-0.1, -0.05) is 23.2 Å². The quantitative estimate of drug-likeness (QED) is 0.724. The maximum Gasteiger partial charge on any atom is 0.181 e. The van der Waals surface area contributed by atoms with Crippen LogP contribution >= 0.6 is 23.2 Å². The molecular weight excluding hydrogens is 250 g/mol. The number of aromatic nitrogens is 2. The molecule has 0 saturated heterocycles. The third-order valence-electron chi connectivity index (χ3n) is 2.08. The van der Waals surface area contributed by atoms with Gasteiger partial charge in [0.15, 0.2) is 16.8 Å². The summed E-state index contributed by atoms with van der Waals surface area (Å²) >= 11 is 11.4. The molecule has 0 aliphatic rings. The van der Waals surface area contributed by atoms with Crippen LogP contribution in [0.2, 0.25) is 10.2 Å². The minimum Gasteiger partial charge on any atom is -0.230 e. The van der Waals surface area contributed by atoms with Crippen molar-refractivity contribution in [2.45, 2.75) is 6.92 Å². The van der Waals surface area contributed by atoms with Crippen molar-refractivity contribution >= 4 is 23.2 Å². The molecule has 5 heteroatoms.